The Balaban J connectivity index is 0.000000531. The Hall–Kier alpha value is -0.0800. The molecule has 2 bridgehead atoms. The zero-order valence-electron chi connectivity index (χ0n) is 10.4. The van der Waals surface area contributed by atoms with Crippen LogP contribution in [0.25, 0.3) is 0 Å². The van der Waals surface area contributed by atoms with Crippen LogP contribution in [0.1, 0.15) is 52.9 Å². The fourth-order valence-corrected chi connectivity index (χ4v) is 3.80. The lowest BCUT2D eigenvalue weighted by Gasteiger charge is -2.41. The van der Waals surface area contributed by atoms with E-state index in [1.807, 2.05) is 13.8 Å². The van der Waals surface area contributed by atoms with Crippen LogP contribution in [-0.2, 0) is 0 Å². The average molecular weight is 214 g/mol. The maximum absolute atomic E-state index is 9.41. The van der Waals surface area contributed by atoms with Gasteiger partial charge in [0.05, 0.1) is 0 Å². The summed E-state index contributed by atoms with van der Waals surface area (Å²) in [5, 5.41) is 18.8. The fourth-order valence-electron chi connectivity index (χ4n) is 3.80. The second kappa shape index (κ2) is 4.84. The van der Waals surface area contributed by atoms with Crippen molar-refractivity contribution < 1.29 is 10.2 Å². The molecule has 0 heterocycles. The molecule has 2 aliphatic rings. The van der Waals surface area contributed by atoms with E-state index in [1.165, 1.54) is 0 Å². The van der Waals surface area contributed by atoms with Crippen LogP contribution in [0.3, 0.4) is 0 Å². The zero-order valence-corrected chi connectivity index (χ0v) is 10.4. The first-order chi connectivity index (χ1) is 7.14. The molecule has 0 saturated heterocycles. The summed E-state index contributed by atoms with van der Waals surface area (Å²) in [7, 11) is 0. The number of aliphatic hydroxyl groups is 2. The van der Waals surface area contributed by atoms with Crippen LogP contribution in [0.15, 0.2) is 0 Å². The SMILES string of the molecule is CC.CC1CC2(CO)CCC(CO)(C1)C2. The van der Waals surface area contributed by atoms with E-state index in [0.717, 1.165) is 32.1 Å². The molecule has 2 heteroatoms. The van der Waals surface area contributed by atoms with Crippen molar-refractivity contribution >= 4 is 0 Å². The number of hydrogen-bond donors (Lipinski definition) is 2. The highest BCUT2D eigenvalue weighted by molar-refractivity contribution is 5.02. The molecule has 15 heavy (non-hydrogen) atoms. The van der Waals surface area contributed by atoms with Gasteiger partial charge in [0.25, 0.3) is 0 Å². The van der Waals surface area contributed by atoms with E-state index >= 15 is 0 Å². The van der Waals surface area contributed by atoms with Crippen molar-refractivity contribution in [3.63, 3.8) is 0 Å². The Morgan fingerprint density at radius 3 is 1.73 bits per heavy atom. The molecule has 0 aromatic carbocycles. The minimum atomic E-state index is 0.167. The lowest BCUT2D eigenvalue weighted by Crippen LogP contribution is -2.36. The van der Waals surface area contributed by atoms with E-state index in [0.29, 0.717) is 19.1 Å². The zero-order chi connectivity index (χ0) is 11.5. The fraction of sp³-hybridized carbons (Fsp3) is 1.00. The third-order valence-corrected chi connectivity index (χ3v) is 4.17. The summed E-state index contributed by atoms with van der Waals surface area (Å²) in [5.41, 5.74) is 0.334. The molecule has 2 atom stereocenters. The normalized spacial score (nSPS) is 43.4. The van der Waals surface area contributed by atoms with Crippen LogP contribution < -0.4 is 0 Å². The molecular formula is C13H26O2. The van der Waals surface area contributed by atoms with Gasteiger partial charge in [-0.3, -0.25) is 0 Å². The second-order valence-electron chi connectivity index (χ2n) is 5.51. The molecule has 90 valence electrons. The second-order valence-corrected chi connectivity index (χ2v) is 5.51. The smallest absolute Gasteiger partial charge is 0.0487 e. The van der Waals surface area contributed by atoms with Crippen LogP contribution in [0.5, 0.6) is 0 Å². The summed E-state index contributed by atoms with van der Waals surface area (Å²) in [5.74, 6) is 0.676. The number of aliphatic hydroxyl groups excluding tert-OH is 2. The molecule has 2 nitrogen and oxygen atoms in total. The van der Waals surface area contributed by atoms with E-state index < -0.39 is 0 Å². The standard InChI is InChI=1S/C11H20O2.C2H6/c1-9-4-10(7-12)2-3-11(5-9,6-10)8-13;1-2/h9,12-13H,2-8H2,1H3;1-2H3. The Labute approximate surface area is 93.7 Å². The van der Waals surface area contributed by atoms with Crippen LogP contribution in [-0.4, -0.2) is 23.4 Å². The number of hydrogen-bond acceptors (Lipinski definition) is 2. The summed E-state index contributed by atoms with van der Waals surface area (Å²) in [4.78, 5) is 0. The third kappa shape index (κ3) is 2.36. The molecule has 0 aromatic rings. The first-order valence-corrected chi connectivity index (χ1v) is 6.35. The quantitative estimate of drug-likeness (QED) is 0.741. The Bertz CT molecular complexity index is 185. The van der Waals surface area contributed by atoms with Gasteiger partial charge in [0, 0.05) is 13.2 Å². The largest absolute Gasteiger partial charge is 0.396 e. The molecule has 0 radical (unpaired) electrons. The molecule has 2 saturated carbocycles. The molecule has 0 aliphatic heterocycles. The highest BCUT2D eigenvalue weighted by atomic mass is 16.3. The molecule has 2 rings (SSSR count). The van der Waals surface area contributed by atoms with E-state index in [2.05, 4.69) is 6.92 Å². The summed E-state index contributed by atoms with van der Waals surface area (Å²) < 4.78 is 0. The van der Waals surface area contributed by atoms with E-state index in [1.54, 1.807) is 0 Å². The highest BCUT2D eigenvalue weighted by Crippen LogP contribution is 2.59. The maximum atomic E-state index is 9.41. The molecule has 2 N–H and O–H groups in total. The number of fused-ring (bicyclic) bond motifs is 2. The van der Waals surface area contributed by atoms with Crippen molar-refractivity contribution in [2.45, 2.75) is 52.9 Å². The van der Waals surface area contributed by atoms with Crippen molar-refractivity contribution in [1.82, 2.24) is 0 Å². The number of rotatable bonds is 2. The van der Waals surface area contributed by atoms with E-state index in [4.69, 9.17) is 0 Å². The predicted octanol–water partition coefficient (Wildman–Crippen LogP) is 2.58. The molecule has 2 aliphatic carbocycles. The van der Waals surface area contributed by atoms with Crippen LogP contribution in [0.2, 0.25) is 0 Å². The minimum absolute atomic E-state index is 0.167. The van der Waals surface area contributed by atoms with E-state index in [-0.39, 0.29) is 10.8 Å². The van der Waals surface area contributed by atoms with Crippen LogP contribution in [0.4, 0.5) is 0 Å². The molecule has 2 fully saturated rings. The van der Waals surface area contributed by atoms with Gasteiger partial charge >= 0.3 is 0 Å². The van der Waals surface area contributed by atoms with Gasteiger partial charge in [0.1, 0.15) is 0 Å². The summed E-state index contributed by atoms with van der Waals surface area (Å²) in [6.45, 7) is 6.89. The minimum Gasteiger partial charge on any atom is -0.396 e. The van der Waals surface area contributed by atoms with Crippen molar-refractivity contribution in [2.75, 3.05) is 13.2 Å². The Morgan fingerprint density at radius 1 is 1.00 bits per heavy atom. The van der Waals surface area contributed by atoms with Crippen molar-refractivity contribution in [2.24, 2.45) is 16.7 Å². The summed E-state index contributed by atoms with van der Waals surface area (Å²) in [6.07, 6.45) is 5.61. The van der Waals surface area contributed by atoms with Gasteiger partial charge in [0.15, 0.2) is 0 Å². The topological polar surface area (TPSA) is 40.5 Å². The lowest BCUT2D eigenvalue weighted by atomic mass is 9.66. The maximum Gasteiger partial charge on any atom is 0.0487 e. The van der Waals surface area contributed by atoms with Gasteiger partial charge in [-0.1, -0.05) is 20.8 Å². The van der Waals surface area contributed by atoms with Crippen molar-refractivity contribution in [3.05, 3.63) is 0 Å². The predicted molar refractivity (Wildman–Crippen MR) is 62.6 cm³/mol. The van der Waals surface area contributed by atoms with E-state index in [9.17, 15) is 10.2 Å². The van der Waals surface area contributed by atoms with Gasteiger partial charge in [-0.2, -0.15) is 0 Å². The molecule has 0 aromatic heterocycles. The van der Waals surface area contributed by atoms with Gasteiger partial charge in [-0.05, 0) is 48.9 Å². The highest BCUT2D eigenvalue weighted by Gasteiger charge is 2.52. The Kier molecular flexibility index (Phi) is 4.19. The Morgan fingerprint density at radius 2 is 1.40 bits per heavy atom. The van der Waals surface area contributed by atoms with Crippen LogP contribution in [0, 0.1) is 16.7 Å². The third-order valence-electron chi connectivity index (χ3n) is 4.17. The lowest BCUT2D eigenvalue weighted by molar-refractivity contribution is 0.0140. The van der Waals surface area contributed by atoms with Crippen LogP contribution >= 0.6 is 0 Å². The molecular weight excluding hydrogens is 188 g/mol. The molecule has 0 spiro atoms. The first kappa shape index (κ1) is 13.0. The van der Waals surface area contributed by atoms with Crippen molar-refractivity contribution in [3.8, 4) is 0 Å². The summed E-state index contributed by atoms with van der Waals surface area (Å²) >= 11 is 0. The van der Waals surface area contributed by atoms with Gasteiger partial charge in [-0.25, -0.2) is 0 Å². The first-order valence-electron chi connectivity index (χ1n) is 6.35. The van der Waals surface area contributed by atoms with Gasteiger partial charge < -0.3 is 10.2 Å². The van der Waals surface area contributed by atoms with Gasteiger partial charge in [0.2, 0.25) is 0 Å². The monoisotopic (exact) mass is 214 g/mol. The molecule has 0 amide bonds. The molecule has 2 unspecified atom stereocenters. The van der Waals surface area contributed by atoms with Crippen molar-refractivity contribution in [1.29, 1.82) is 0 Å². The van der Waals surface area contributed by atoms with Gasteiger partial charge in [-0.15, -0.1) is 0 Å². The average Bonchev–Trinajstić information content (AvgIpc) is 2.56. The summed E-state index contributed by atoms with van der Waals surface area (Å²) in [6, 6.07) is 0.